The average molecular weight is 430 g/mol. The van der Waals surface area contributed by atoms with Crippen molar-refractivity contribution in [2.75, 3.05) is 26.2 Å². The lowest BCUT2D eigenvalue weighted by Crippen LogP contribution is -2.54. The molecule has 4 rings (SSSR count). The normalized spacial score (nSPS) is 17.6. The fourth-order valence-corrected chi connectivity index (χ4v) is 4.07. The molecule has 1 aromatic heterocycles. The fourth-order valence-electron chi connectivity index (χ4n) is 3.91. The number of amides is 2. The minimum Gasteiger partial charge on any atom is -0.484 e. The lowest BCUT2D eigenvalue weighted by Gasteiger charge is -2.41. The number of halogens is 1. The van der Waals surface area contributed by atoms with Crippen LogP contribution in [0.25, 0.3) is 0 Å². The van der Waals surface area contributed by atoms with Crippen LogP contribution in [-0.4, -0.2) is 53.5 Å². The van der Waals surface area contributed by atoms with Gasteiger partial charge in [0.05, 0.1) is 23.7 Å². The second-order valence-electron chi connectivity index (χ2n) is 7.70. The molecule has 158 valence electrons. The first-order chi connectivity index (χ1) is 14.4. The Balaban J connectivity index is 1.51. The molecule has 2 aromatic rings. The van der Waals surface area contributed by atoms with Crippen LogP contribution < -0.4 is 14.8 Å². The Labute approximate surface area is 180 Å². The van der Waals surface area contributed by atoms with Crippen LogP contribution in [0.4, 0.5) is 0 Å². The van der Waals surface area contributed by atoms with E-state index in [1.165, 1.54) is 6.20 Å². The number of aromatic nitrogens is 1. The van der Waals surface area contributed by atoms with Crippen LogP contribution >= 0.6 is 11.6 Å². The highest BCUT2D eigenvalue weighted by atomic mass is 35.5. The summed E-state index contributed by atoms with van der Waals surface area (Å²) >= 11 is 6.06. The van der Waals surface area contributed by atoms with Gasteiger partial charge in [0, 0.05) is 32.1 Å². The predicted octanol–water partition coefficient (Wildman–Crippen LogP) is 3.24. The maximum absolute atomic E-state index is 13.1. The first-order valence-electron chi connectivity index (χ1n) is 10.1. The number of carbonyl (C=O) groups is 2. The van der Waals surface area contributed by atoms with Crippen LogP contribution in [0.5, 0.6) is 11.6 Å². The largest absolute Gasteiger partial charge is 0.484 e. The summed E-state index contributed by atoms with van der Waals surface area (Å²) in [5.74, 6) is 0.579. The Morgan fingerprint density at radius 2 is 2.10 bits per heavy atom. The highest BCUT2D eigenvalue weighted by molar-refractivity contribution is 6.30. The monoisotopic (exact) mass is 429 g/mol. The number of pyridine rings is 1. The maximum Gasteiger partial charge on any atom is 0.259 e. The number of rotatable bonds is 3. The molecule has 1 fully saturated rings. The van der Waals surface area contributed by atoms with E-state index in [0.717, 1.165) is 5.56 Å². The molecule has 0 atom stereocenters. The number of nitrogens with zero attached hydrogens (tertiary/aromatic N) is 2. The number of nitrogens with one attached hydrogen (secondary N) is 1. The van der Waals surface area contributed by atoms with Crippen molar-refractivity contribution in [1.82, 2.24) is 15.2 Å². The summed E-state index contributed by atoms with van der Waals surface area (Å²) in [5.41, 5.74) is 1.37. The maximum atomic E-state index is 13.1. The Morgan fingerprint density at radius 3 is 2.83 bits per heavy atom. The van der Waals surface area contributed by atoms with Gasteiger partial charge in [-0.1, -0.05) is 23.2 Å². The number of hydrogen-bond acceptors (Lipinski definition) is 5. The van der Waals surface area contributed by atoms with E-state index in [2.05, 4.69) is 10.3 Å². The summed E-state index contributed by atoms with van der Waals surface area (Å²) in [5, 5.41) is 3.37. The Kier molecular flexibility index (Phi) is 5.56. The van der Waals surface area contributed by atoms with E-state index in [0.29, 0.717) is 61.0 Å². The molecule has 1 aromatic carbocycles. The third-order valence-electron chi connectivity index (χ3n) is 5.57. The Bertz CT molecular complexity index is 986. The predicted molar refractivity (Wildman–Crippen MR) is 112 cm³/mol. The molecule has 0 bridgehead atoms. The van der Waals surface area contributed by atoms with Crippen molar-refractivity contribution in [2.24, 2.45) is 0 Å². The summed E-state index contributed by atoms with van der Waals surface area (Å²) in [4.78, 5) is 31.5. The molecule has 30 heavy (non-hydrogen) atoms. The summed E-state index contributed by atoms with van der Waals surface area (Å²) in [6.07, 6.45) is 2.67. The Morgan fingerprint density at radius 1 is 1.33 bits per heavy atom. The number of benzene rings is 1. The van der Waals surface area contributed by atoms with Crippen LogP contribution in [-0.2, 0) is 0 Å². The van der Waals surface area contributed by atoms with Crippen molar-refractivity contribution in [3.05, 3.63) is 52.2 Å². The van der Waals surface area contributed by atoms with E-state index in [-0.39, 0.29) is 17.7 Å². The van der Waals surface area contributed by atoms with Gasteiger partial charge < -0.3 is 19.7 Å². The van der Waals surface area contributed by atoms with E-state index in [1.807, 2.05) is 32.0 Å². The lowest BCUT2D eigenvalue weighted by atomic mass is 9.90. The summed E-state index contributed by atoms with van der Waals surface area (Å²) in [6, 6.07) is 7.21. The second-order valence-corrected chi connectivity index (χ2v) is 8.14. The zero-order valence-corrected chi connectivity index (χ0v) is 17.8. The SMILES string of the molecule is CCOc1ncc(Cl)cc1C(=O)N1CCC2(CC1)CNC(=O)c1cc(C)ccc1O2. The molecule has 1 spiro atoms. The van der Waals surface area contributed by atoms with Gasteiger partial charge >= 0.3 is 0 Å². The number of piperidine rings is 1. The van der Waals surface area contributed by atoms with Gasteiger partial charge in [-0.3, -0.25) is 9.59 Å². The molecule has 7 nitrogen and oxygen atoms in total. The van der Waals surface area contributed by atoms with E-state index < -0.39 is 5.60 Å². The van der Waals surface area contributed by atoms with Gasteiger partial charge in [0.2, 0.25) is 5.88 Å². The van der Waals surface area contributed by atoms with Gasteiger partial charge in [-0.15, -0.1) is 0 Å². The minimum atomic E-state index is -0.539. The van der Waals surface area contributed by atoms with Gasteiger partial charge in [0.15, 0.2) is 0 Å². The Hall–Kier alpha value is -2.80. The van der Waals surface area contributed by atoms with Crippen LogP contribution in [0.3, 0.4) is 0 Å². The quantitative estimate of drug-likeness (QED) is 0.810. The number of fused-ring (bicyclic) bond motifs is 1. The molecule has 1 N–H and O–H groups in total. The number of hydrogen-bond donors (Lipinski definition) is 1. The third kappa shape index (κ3) is 3.94. The van der Waals surface area contributed by atoms with E-state index in [1.54, 1.807) is 11.0 Å². The first kappa shape index (κ1) is 20.5. The minimum absolute atomic E-state index is 0.129. The lowest BCUT2D eigenvalue weighted by molar-refractivity contribution is 0.00758. The van der Waals surface area contributed by atoms with Crippen LogP contribution in [0.2, 0.25) is 5.02 Å². The average Bonchev–Trinajstić information content (AvgIpc) is 2.87. The number of aryl methyl sites for hydroxylation is 1. The second kappa shape index (κ2) is 8.14. The smallest absolute Gasteiger partial charge is 0.259 e. The van der Waals surface area contributed by atoms with Crippen molar-refractivity contribution in [2.45, 2.75) is 32.3 Å². The highest BCUT2D eigenvalue weighted by Gasteiger charge is 2.41. The van der Waals surface area contributed by atoms with Crippen molar-refractivity contribution < 1.29 is 19.1 Å². The van der Waals surface area contributed by atoms with Gasteiger partial charge in [-0.2, -0.15) is 0 Å². The van der Waals surface area contributed by atoms with Crippen LogP contribution in [0, 0.1) is 6.92 Å². The summed E-state index contributed by atoms with van der Waals surface area (Å²) in [6.45, 7) is 5.59. The fraction of sp³-hybridized carbons (Fsp3) is 0.409. The summed E-state index contributed by atoms with van der Waals surface area (Å²) in [7, 11) is 0. The zero-order chi connectivity index (χ0) is 21.3. The van der Waals surface area contributed by atoms with Gasteiger partial charge in [-0.25, -0.2) is 4.98 Å². The van der Waals surface area contributed by atoms with Crippen LogP contribution in [0.15, 0.2) is 30.5 Å². The topological polar surface area (TPSA) is 80.8 Å². The van der Waals surface area contributed by atoms with Gasteiger partial charge in [0.1, 0.15) is 16.9 Å². The number of carbonyl (C=O) groups excluding carboxylic acids is 2. The van der Waals surface area contributed by atoms with Gasteiger partial charge in [0.25, 0.3) is 11.8 Å². The van der Waals surface area contributed by atoms with Crippen molar-refractivity contribution in [3.63, 3.8) is 0 Å². The zero-order valence-electron chi connectivity index (χ0n) is 17.0. The molecule has 0 aliphatic carbocycles. The molecule has 2 amide bonds. The van der Waals surface area contributed by atoms with Gasteiger partial charge in [-0.05, 0) is 32.0 Å². The molecule has 3 heterocycles. The molecular weight excluding hydrogens is 406 g/mol. The first-order valence-corrected chi connectivity index (χ1v) is 10.4. The molecular formula is C22H24ClN3O4. The van der Waals surface area contributed by atoms with Crippen molar-refractivity contribution >= 4 is 23.4 Å². The number of likely N-dealkylation sites (tertiary alicyclic amines) is 1. The molecule has 2 aliphatic heterocycles. The van der Waals surface area contributed by atoms with E-state index >= 15 is 0 Å². The molecule has 2 aliphatic rings. The molecule has 0 unspecified atom stereocenters. The summed E-state index contributed by atoms with van der Waals surface area (Å²) < 4.78 is 11.8. The van der Waals surface area contributed by atoms with E-state index in [4.69, 9.17) is 21.1 Å². The molecule has 0 saturated carbocycles. The van der Waals surface area contributed by atoms with Crippen LogP contribution in [0.1, 0.15) is 46.0 Å². The molecule has 0 radical (unpaired) electrons. The number of ether oxygens (including phenoxy) is 2. The molecule has 1 saturated heterocycles. The van der Waals surface area contributed by atoms with Crippen molar-refractivity contribution in [1.29, 1.82) is 0 Å². The standard InChI is InChI=1S/C22H24ClN3O4/c1-3-29-20-17(11-15(23)12-24-20)21(28)26-8-6-22(7-9-26)13-25-19(27)16-10-14(2)4-5-18(16)30-22/h4-5,10-12H,3,6-9,13H2,1-2H3,(H,25,27). The highest BCUT2D eigenvalue weighted by Crippen LogP contribution is 2.34. The third-order valence-corrected chi connectivity index (χ3v) is 5.78. The van der Waals surface area contributed by atoms with Crippen molar-refractivity contribution in [3.8, 4) is 11.6 Å². The van der Waals surface area contributed by atoms with E-state index in [9.17, 15) is 9.59 Å². The molecule has 8 heteroatoms.